The summed E-state index contributed by atoms with van der Waals surface area (Å²) in [4.78, 5) is 42.0. The van der Waals surface area contributed by atoms with Crippen molar-refractivity contribution < 1.29 is 63.5 Å². The normalized spacial score (nSPS) is 22.8. The number of fused-ring (bicyclic) bond motifs is 1. The molecule has 0 aromatic heterocycles. The van der Waals surface area contributed by atoms with E-state index in [1.807, 2.05) is 43.3 Å². The van der Waals surface area contributed by atoms with E-state index in [0.29, 0.717) is 12.8 Å². The Morgan fingerprint density at radius 1 is 0.843 bits per heavy atom. The first-order valence-corrected chi connectivity index (χ1v) is 19.1. The molecule has 3 aromatic carbocycles. The van der Waals surface area contributed by atoms with Crippen molar-refractivity contribution in [3.63, 3.8) is 0 Å². The quantitative estimate of drug-likeness (QED) is 0.0791. The van der Waals surface area contributed by atoms with Crippen molar-refractivity contribution in [2.75, 3.05) is 0 Å². The number of ether oxygens (including phenoxy) is 3. The predicted molar refractivity (Wildman–Crippen MR) is 186 cm³/mol. The van der Waals surface area contributed by atoms with Crippen LogP contribution in [-0.2, 0) is 29.2 Å². The fourth-order valence-corrected chi connectivity index (χ4v) is 9.80. The molecule has 0 heterocycles. The van der Waals surface area contributed by atoms with Gasteiger partial charge in [-0.05, 0) is 112 Å². The van der Waals surface area contributed by atoms with E-state index in [1.165, 1.54) is 6.07 Å². The average Bonchev–Trinajstić information content (AvgIpc) is 3.48. The smallest absolute Gasteiger partial charge is 0.432 e. The molecule has 9 nitrogen and oxygen atoms in total. The SMILES string of the molecule is CC1(OC(=O)C2C3c4ccccc4C(c4ccccc43)C2C(=O)Oc2c(I)cc(I)cc2C(=O)OC(C(F)(F)F)C(F)(F)S(=O)(=O)O)CCCC1. The maximum absolute atomic E-state index is 14.5. The van der Waals surface area contributed by atoms with Crippen molar-refractivity contribution in [3.8, 4) is 5.75 Å². The minimum atomic E-state index is -6.72. The summed E-state index contributed by atoms with van der Waals surface area (Å²) in [6.45, 7) is 1.82. The molecule has 3 aromatic rings. The lowest BCUT2D eigenvalue weighted by Crippen LogP contribution is -2.52. The van der Waals surface area contributed by atoms with Gasteiger partial charge in [-0.1, -0.05) is 48.5 Å². The number of esters is 3. The first-order valence-electron chi connectivity index (χ1n) is 15.5. The third kappa shape index (κ3) is 6.87. The van der Waals surface area contributed by atoms with Crippen LogP contribution in [0.25, 0.3) is 0 Å². The summed E-state index contributed by atoms with van der Waals surface area (Å²) in [5.74, 6) is -8.33. The molecule has 2 bridgehead atoms. The van der Waals surface area contributed by atoms with Gasteiger partial charge >= 0.3 is 39.5 Å². The van der Waals surface area contributed by atoms with Crippen molar-refractivity contribution in [3.05, 3.63) is 95.6 Å². The summed E-state index contributed by atoms with van der Waals surface area (Å²) < 4.78 is 117. The van der Waals surface area contributed by atoms with Crippen LogP contribution in [0.15, 0.2) is 60.7 Å². The summed E-state index contributed by atoms with van der Waals surface area (Å²) >= 11 is 3.29. The largest absolute Gasteiger partial charge is 0.459 e. The highest BCUT2D eigenvalue weighted by Crippen LogP contribution is 2.59. The van der Waals surface area contributed by atoms with Gasteiger partial charge in [0.1, 0.15) is 11.2 Å². The Morgan fingerprint density at radius 3 is 1.76 bits per heavy atom. The fraction of sp³-hybridized carbons (Fsp3) is 0.382. The van der Waals surface area contributed by atoms with E-state index in [2.05, 4.69) is 4.74 Å². The molecule has 0 aliphatic heterocycles. The number of carbonyl (C=O) groups excluding carboxylic acids is 3. The summed E-state index contributed by atoms with van der Waals surface area (Å²) in [7, 11) is -6.72. The monoisotopic (exact) mass is 960 g/mol. The minimum Gasteiger partial charge on any atom is -0.459 e. The van der Waals surface area contributed by atoms with E-state index in [4.69, 9.17) is 14.0 Å². The van der Waals surface area contributed by atoms with Gasteiger partial charge in [0.2, 0.25) is 0 Å². The molecule has 3 atom stereocenters. The van der Waals surface area contributed by atoms with Crippen LogP contribution in [-0.4, -0.2) is 54.0 Å². The zero-order chi connectivity index (χ0) is 37.3. The molecular formula is C34H27F5I2O9S. The molecule has 1 saturated carbocycles. The standard InChI is InChI=1S/C34H27F5I2O9S/c1-32(12-6-7-13-32)50-30(44)26-24-19-10-4-2-8-17(19)23(18-9-3-5-11-20(18)24)25(26)29(43)48-27-21(14-16(40)15-22(27)41)28(42)49-31(33(35,36)37)34(38,39)51(45,46)47/h2-5,8-11,14-15,23-26,31H,6-7,12-13H2,1H3,(H,45,46,47). The minimum absolute atomic E-state index is 0.0238. The number of halogens is 7. The molecule has 17 heteroatoms. The summed E-state index contributed by atoms with van der Waals surface area (Å²) in [6, 6.07) is 16.8. The summed E-state index contributed by atoms with van der Waals surface area (Å²) in [6.07, 6.45) is -7.87. The second-order valence-electron chi connectivity index (χ2n) is 12.9. The van der Waals surface area contributed by atoms with Gasteiger partial charge < -0.3 is 14.2 Å². The molecule has 0 amide bonds. The van der Waals surface area contributed by atoms with Gasteiger partial charge in [0.25, 0.3) is 6.10 Å². The first-order chi connectivity index (χ1) is 23.7. The van der Waals surface area contributed by atoms with Gasteiger partial charge in [0, 0.05) is 15.4 Å². The van der Waals surface area contributed by atoms with Crippen molar-refractivity contribution in [1.29, 1.82) is 0 Å². The Bertz CT molecular complexity index is 1980. The molecule has 3 unspecified atom stereocenters. The van der Waals surface area contributed by atoms with Crippen LogP contribution in [0.2, 0.25) is 0 Å². The van der Waals surface area contributed by atoms with Crippen LogP contribution in [0.3, 0.4) is 0 Å². The van der Waals surface area contributed by atoms with Crippen molar-refractivity contribution in [2.24, 2.45) is 11.8 Å². The molecule has 1 fully saturated rings. The van der Waals surface area contributed by atoms with Gasteiger partial charge in [-0.25, -0.2) is 4.79 Å². The predicted octanol–water partition coefficient (Wildman–Crippen LogP) is 7.77. The molecule has 0 radical (unpaired) electrons. The summed E-state index contributed by atoms with van der Waals surface area (Å²) in [5.41, 5.74) is 1.38. The van der Waals surface area contributed by atoms with Gasteiger partial charge in [0.15, 0.2) is 5.75 Å². The van der Waals surface area contributed by atoms with Gasteiger partial charge in [-0.15, -0.1) is 0 Å². The number of hydrogen-bond donors (Lipinski definition) is 1. The lowest BCUT2D eigenvalue weighted by atomic mass is 9.54. The Balaban J connectivity index is 1.43. The number of benzene rings is 3. The van der Waals surface area contributed by atoms with E-state index in [1.54, 1.807) is 57.3 Å². The summed E-state index contributed by atoms with van der Waals surface area (Å²) in [5, 5.41) is -5.99. The van der Waals surface area contributed by atoms with Crippen LogP contribution < -0.4 is 4.74 Å². The highest BCUT2D eigenvalue weighted by Gasteiger charge is 2.66. The van der Waals surface area contributed by atoms with Crippen LogP contribution >= 0.6 is 45.2 Å². The zero-order valence-corrected chi connectivity index (χ0v) is 31.4. The average molecular weight is 960 g/mol. The molecule has 7 rings (SSSR count). The van der Waals surface area contributed by atoms with Gasteiger partial charge in [-0.2, -0.15) is 30.4 Å². The van der Waals surface area contributed by atoms with Crippen molar-refractivity contribution in [1.82, 2.24) is 0 Å². The van der Waals surface area contributed by atoms with E-state index in [9.17, 15) is 44.8 Å². The molecule has 4 aliphatic rings. The van der Waals surface area contributed by atoms with Crippen LogP contribution in [0.1, 0.15) is 77.1 Å². The molecular weight excluding hydrogens is 933 g/mol. The Hall–Kier alpha value is -2.91. The Kier molecular flexibility index (Phi) is 10.0. The Morgan fingerprint density at radius 2 is 1.31 bits per heavy atom. The third-order valence-corrected chi connectivity index (χ3v) is 11.9. The highest BCUT2D eigenvalue weighted by molar-refractivity contribution is 14.1. The van der Waals surface area contributed by atoms with Crippen molar-refractivity contribution in [2.45, 2.75) is 67.6 Å². The third-order valence-electron chi connectivity index (χ3n) is 9.59. The van der Waals surface area contributed by atoms with Crippen LogP contribution in [0.5, 0.6) is 5.75 Å². The van der Waals surface area contributed by atoms with Gasteiger partial charge in [0.05, 0.1) is 15.4 Å². The second-order valence-corrected chi connectivity index (χ2v) is 16.8. The fourth-order valence-electron chi connectivity index (χ4n) is 7.40. The lowest BCUT2D eigenvalue weighted by molar-refractivity contribution is -0.248. The Labute approximate surface area is 315 Å². The van der Waals surface area contributed by atoms with E-state index in [-0.39, 0.29) is 7.14 Å². The number of hydrogen-bond acceptors (Lipinski definition) is 8. The van der Waals surface area contributed by atoms with E-state index < -0.39 is 86.1 Å². The zero-order valence-electron chi connectivity index (χ0n) is 26.3. The molecule has 4 aliphatic carbocycles. The number of alkyl halides is 5. The second kappa shape index (κ2) is 13.5. The topological polar surface area (TPSA) is 133 Å². The van der Waals surface area contributed by atoms with Crippen LogP contribution in [0.4, 0.5) is 22.0 Å². The maximum atomic E-state index is 14.5. The molecule has 272 valence electrons. The van der Waals surface area contributed by atoms with E-state index >= 15 is 0 Å². The number of carbonyl (C=O) groups is 3. The van der Waals surface area contributed by atoms with Crippen LogP contribution in [0, 0.1) is 19.0 Å². The first kappa shape index (κ1) is 37.8. The molecule has 51 heavy (non-hydrogen) atoms. The number of rotatable bonds is 8. The van der Waals surface area contributed by atoms with E-state index in [0.717, 1.165) is 41.2 Å². The van der Waals surface area contributed by atoms with Crippen molar-refractivity contribution >= 4 is 73.2 Å². The lowest BCUT2D eigenvalue weighted by Gasteiger charge is -2.48. The maximum Gasteiger partial charge on any atom is 0.432 e. The molecule has 0 spiro atoms. The van der Waals surface area contributed by atoms with Gasteiger partial charge in [-0.3, -0.25) is 14.1 Å². The molecule has 1 N–H and O–H groups in total. The molecule has 0 saturated heterocycles. The highest BCUT2D eigenvalue weighted by atomic mass is 127.